The third kappa shape index (κ3) is 3.79. The van der Waals surface area contributed by atoms with Gasteiger partial charge >= 0.3 is 0 Å². The van der Waals surface area contributed by atoms with Crippen LogP contribution in [0.3, 0.4) is 0 Å². The second-order valence-corrected chi connectivity index (χ2v) is 10.0. The van der Waals surface area contributed by atoms with E-state index in [0.29, 0.717) is 11.3 Å². The van der Waals surface area contributed by atoms with Crippen molar-refractivity contribution in [2.24, 2.45) is 0 Å². The molecule has 2 bridgehead atoms. The van der Waals surface area contributed by atoms with Crippen molar-refractivity contribution < 1.29 is 17.9 Å². The van der Waals surface area contributed by atoms with Crippen LogP contribution in [0.4, 0.5) is 10.1 Å². The number of benzene rings is 2. The minimum absolute atomic E-state index is 0.0833. The normalized spacial score (nSPS) is 27.7. The van der Waals surface area contributed by atoms with Crippen molar-refractivity contribution in [3.8, 4) is 0 Å². The van der Waals surface area contributed by atoms with Gasteiger partial charge in [-0.05, 0) is 67.5 Å². The average Bonchev–Trinajstić information content (AvgIpc) is 3.19. The monoisotopic (exact) mass is 404 g/mol. The van der Waals surface area contributed by atoms with Crippen molar-refractivity contribution in [1.29, 1.82) is 0 Å². The molecule has 2 fully saturated rings. The van der Waals surface area contributed by atoms with Crippen LogP contribution in [0.15, 0.2) is 48.5 Å². The zero-order chi connectivity index (χ0) is 20.0. The van der Waals surface area contributed by atoms with E-state index in [1.165, 1.54) is 12.1 Å². The molecule has 2 aromatic rings. The highest BCUT2D eigenvalue weighted by Gasteiger charge is 2.56. The number of aliphatic hydroxyl groups excluding tert-OH is 1. The van der Waals surface area contributed by atoms with Crippen LogP contribution in [0.25, 0.3) is 0 Å². The fourth-order valence-corrected chi connectivity index (χ4v) is 5.37. The van der Waals surface area contributed by atoms with E-state index in [-0.39, 0.29) is 11.4 Å². The third-order valence-electron chi connectivity index (χ3n) is 6.10. The minimum atomic E-state index is -3.29. The number of sulfonamides is 1. The Hall–Kier alpha value is -1.96. The molecule has 2 heterocycles. The summed E-state index contributed by atoms with van der Waals surface area (Å²) in [6, 6.07) is 13.6. The van der Waals surface area contributed by atoms with Gasteiger partial charge < -0.3 is 10.4 Å². The van der Waals surface area contributed by atoms with Crippen molar-refractivity contribution >= 4 is 15.7 Å². The summed E-state index contributed by atoms with van der Waals surface area (Å²) in [5.74, 6) is -0.335. The number of hydrogen-bond acceptors (Lipinski definition) is 4. The van der Waals surface area contributed by atoms with Crippen molar-refractivity contribution in [3.05, 3.63) is 65.5 Å². The Bertz CT molecular complexity index is 967. The molecule has 2 aliphatic rings. The summed E-state index contributed by atoms with van der Waals surface area (Å²) in [7, 11) is -3.29. The molecule has 0 amide bonds. The Balaban J connectivity index is 1.48. The quantitative estimate of drug-likeness (QED) is 0.691. The van der Waals surface area contributed by atoms with E-state index in [4.69, 9.17) is 0 Å². The van der Waals surface area contributed by atoms with Gasteiger partial charge in [0, 0.05) is 16.8 Å². The first kappa shape index (κ1) is 19.4. The Morgan fingerprint density at radius 3 is 2.43 bits per heavy atom. The Kier molecular flexibility index (Phi) is 4.72. The first-order valence-corrected chi connectivity index (χ1v) is 11.4. The molecular weight excluding hydrogens is 379 g/mol. The van der Waals surface area contributed by atoms with E-state index in [2.05, 4.69) is 10.0 Å². The van der Waals surface area contributed by atoms with E-state index >= 15 is 0 Å². The summed E-state index contributed by atoms with van der Waals surface area (Å²) in [5, 5.41) is 14.6. The second kappa shape index (κ2) is 6.83. The minimum Gasteiger partial charge on any atom is -0.386 e. The predicted molar refractivity (Wildman–Crippen MR) is 107 cm³/mol. The molecule has 2 saturated heterocycles. The van der Waals surface area contributed by atoms with E-state index < -0.39 is 21.7 Å². The fourth-order valence-electron chi connectivity index (χ4n) is 4.81. The molecule has 0 saturated carbocycles. The SMILES string of the molecule is CS(=O)(=O)Nc1ccc(CC23CCC([C@@H](O)c4cccc(F)c4)(CC2)N3)cc1. The number of anilines is 1. The molecule has 0 radical (unpaired) electrons. The summed E-state index contributed by atoms with van der Waals surface area (Å²) in [6.45, 7) is 0. The lowest BCUT2D eigenvalue weighted by molar-refractivity contribution is 0.0734. The maximum Gasteiger partial charge on any atom is 0.229 e. The summed E-state index contributed by atoms with van der Waals surface area (Å²) in [4.78, 5) is 0. The Labute approximate surface area is 165 Å². The Morgan fingerprint density at radius 1 is 1.14 bits per heavy atom. The number of halogens is 1. The highest BCUT2D eigenvalue weighted by Crippen LogP contribution is 2.51. The maximum atomic E-state index is 13.6. The third-order valence-corrected chi connectivity index (χ3v) is 6.71. The average molecular weight is 405 g/mol. The van der Waals surface area contributed by atoms with Crippen LogP contribution in [0.5, 0.6) is 0 Å². The highest BCUT2D eigenvalue weighted by molar-refractivity contribution is 7.92. The van der Waals surface area contributed by atoms with E-state index in [9.17, 15) is 17.9 Å². The van der Waals surface area contributed by atoms with Gasteiger partial charge in [-0.3, -0.25) is 4.72 Å². The summed E-state index contributed by atoms with van der Waals surface area (Å²) in [6.07, 6.45) is 4.78. The first-order chi connectivity index (χ1) is 13.2. The lowest BCUT2D eigenvalue weighted by Crippen LogP contribution is -2.47. The molecule has 4 rings (SSSR count). The molecule has 1 atom stereocenters. The van der Waals surface area contributed by atoms with Gasteiger partial charge in [-0.1, -0.05) is 24.3 Å². The van der Waals surface area contributed by atoms with Crippen molar-refractivity contribution in [2.45, 2.75) is 49.3 Å². The summed E-state index contributed by atoms with van der Waals surface area (Å²) in [5.41, 5.74) is 1.78. The molecule has 28 heavy (non-hydrogen) atoms. The topological polar surface area (TPSA) is 78.4 Å². The number of rotatable bonds is 6. The molecule has 3 N–H and O–H groups in total. The predicted octanol–water partition coefficient (Wildman–Crippen LogP) is 3.13. The molecule has 2 aliphatic heterocycles. The lowest BCUT2D eigenvalue weighted by Gasteiger charge is -2.32. The second-order valence-electron chi connectivity index (χ2n) is 8.27. The highest BCUT2D eigenvalue weighted by atomic mass is 32.2. The summed E-state index contributed by atoms with van der Waals surface area (Å²) >= 11 is 0. The number of fused-ring (bicyclic) bond motifs is 2. The van der Waals surface area contributed by atoms with Crippen molar-refractivity contribution in [3.63, 3.8) is 0 Å². The van der Waals surface area contributed by atoms with Gasteiger partial charge in [-0.25, -0.2) is 12.8 Å². The Morgan fingerprint density at radius 2 is 1.82 bits per heavy atom. The standard InChI is InChI=1S/C21H25FN2O3S/c1-28(26,27)23-18-7-5-15(6-8-18)14-20-9-11-21(24-20,12-10-20)19(25)16-3-2-4-17(22)13-16/h2-8,13,19,23-25H,9-12,14H2,1H3/t19-,20?,21?/m0/s1. The van der Waals surface area contributed by atoms with Crippen LogP contribution in [0, 0.1) is 5.82 Å². The van der Waals surface area contributed by atoms with Gasteiger partial charge in [-0.2, -0.15) is 0 Å². The van der Waals surface area contributed by atoms with Gasteiger partial charge in [0.2, 0.25) is 10.0 Å². The molecular formula is C21H25FN2O3S. The molecule has 150 valence electrons. The molecule has 0 unspecified atom stereocenters. The van der Waals surface area contributed by atoms with Gasteiger partial charge in [0.25, 0.3) is 0 Å². The van der Waals surface area contributed by atoms with Gasteiger partial charge in [0.15, 0.2) is 0 Å². The van der Waals surface area contributed by atoms with Crippen LogP contribution in [0.2, 0.25) is 0 Å². The van der Waals surface area contributed by atoms with E-state index in [0.717, 1.165) is 43.9 Å². The summed E-state index contributed by atoms with van der Waals surface area (Å²) < 4.78 is 38.7. The zero-order valence-electron chi connectivity index (χ0n) is 15.8. The van der Waals surface area contributed by atoms with Gasteiger partial charge in [-0.15, -0.1) is 0 Å². The van der Waals surface area contributed by atoms with Crippen molar-refractivity contribution in [2.75, 3.05) is 11.0 Å². The number of hydrogen-bond donors (Lipinski definition) is 3. The van der Waals surface area contributed by atoms with E-state index in [1.54, 1.807) is 24.3 Å². The molecule has 0 aromatic heterocycles. The zero-order valence-corrected chi connectivity index (χ0v) is 16.6. The molecule has 5 nitrogen and oxygen atoms in total. The molecule has 0 spiro atoms. The van der Waals surface area contributed by atoms with Crippen LogP contribution in [0.1, 0.15) is 42.9 Å². The number of aliphatic hydroxyl groups is 1. The van der Waals surface area contributed by atoms with Crippen LogP contribution < -0.4 is 10.0 Å². The largest absolute Gasteiger partial charge is 0.386 e. The smallest absolute Gasteiger partial charge is 0.229 e. The van der Waals surface area contributed by atoms with Crippen molar-refractivity contribution in [1.82, 2.24) is 5.32 Å². The fraction of sp³-hybridized carbons (Fsp3) is 0.429. The van der Waals surface area contributed by atoms with Crippen LogP contribution in [-0.2, 0) is 16.4 Å². The first-order valence-electron chi connectivity index (χ1n) is 9.48. The molecule has 2 aromatic carbocycles. The lowest BCUT2D eigenvalue weighted by atomic mass is 9.76. The van der Waals surface area contributed by atoms with Gasteiger partial charge in [0.1, 0.15) is 5.82 Å². The van der Waals surface area contributed by atoms with Crippen LogP contribution in [-0.4, -0.2) is 30.9 Å². The van der Waals surface area contributed by atoms with Crippen LogP contribution >= 0.6 is 0 Å². The molecule has 0 aliphatic carbocycles. The molecule has 7 heteroatoms. The maximum absolute atomic E-state index is 13.6. The number of nitrogens with one attached hydrogen (secondary N) is 2. The van der Waals surface area contributed by atoms with Gasteiger partial charge in [0.05, 0.1) is 12.4 Å². The van der Waals surface area contributed by atoms with E-state index in [1.807, 2.05) is 12.1 Å².